The van der Waals surface area contributed by atoms with E-state index in [0.29, 0.717) is 17.9 Å². The van der Waals surface area contributed by atoms with Gasteiger partial charge in [0.15, 0.2) is 0 Å². The number of aromatic amines is 1. The highest BCUT2D eigenvalue weighted by atomic mass is 32.2. The van der Waals surface area contributed by atoms with Crippen LogP contribution in [-0.4, -0.2) is 40.0 Å². The Labute approximate surface area is 97.6 Å². The Kier molecular flexibility index (Phi) is 4.91. The topological polar surface area (TPSA) is 82.2 Å². The molecule has 1 aromatic rings. The number of aryl methyl sites for hydroxylation is 1. The van der Waals surface area contributed by atoms with Gasteiger partial charge in [0.05, 0.1) is 11.3 Å². The number of rotatable bonds is 6. The molecular weight excluding hydrogens is 228 g/mol. The Morgan fingerprint density at radius 2 is 2.25 bits per heavy atom. The van der Waals surface area contributed by atoms with Gasteiger partial charge >= 0.3 is 5.97 Å². The summed E-state index contributed by atoms with van der Waals surface area (Å²) in [5.41, 5.74) is 1.53. The third kappa shape index (κ3) is 3.98. The van der Waals surface area contributed by atoms with E-state index in [1.54, 1.807) is 12.4 Å². The minimum atomic E-state index is -0.835. The van der Waals surface area contributed by atoms with Crippen LogP contribution in [0.2, 0.25) is 0 Å². The number of aliphatic carboxylic acids is 1. The lowest BCUT2D eigenvalue weighted by molar-refractivity contribution is -0.133. The van der Waals surface area contributed by atoms with E-state index in [1.165, 1.54) is 11.8 Å². The van der Waals surface area contributed by atoms with Gasteiger partial charge in [0.1, 0.15) is 0 Å². The first-order valence-electron chi connectivity index (χ1n) is 4.82. The second kappa shape index (κ2) is 6.22. The number of carbonyl (C=O) groups excluding carboxylic acids is 1. The molecule has 88 valence electrons. The number of carboxylic acids is 1. The molecule has 6 heteroatoms. The number of amides is 1. The van der Waals surface area contributed by atoms with Gasteiger partial charge in [-0.15, -0.1) is 11.8 Å². The molecule has 0 aliphatic heterocycles. The van der Waals surface area contributed by atoms with E-state index < -0.39 is 5.97 Å². The molecule has 0 radical (unpaired) electrons. The van der Waals surface area contributed by atoms with Crippen LogP contribution >= 0.6 is 11.8 Å². The highest BCUT2D eigenvalue weighted by molar-refractivity contribution is 7.99. The number of carbonyl (C=O) groups is 2. The van der Waals surface area contributed by atoms with Crippen LogP contribution in [0.3, 0.4) is 0 Å². The molecule has 0 saturated heterocycles. The molecule has 1 aromatic heterocycles. The Bertz CT molecular complexity index is 376. The zero-order chi connectivity index (χ0) is 12.0. The van der Waals surface area contributed by atoms with Gasteiger partial charge in [-0.05, 0) is 12.5 Å². The summed E-state index contributed by atoms with van der Waals surface area (Å²) >= 11 is 1.28. The molecule has 16 heavy (non-hydrogen) atoms. The smallest absolute Gasteiger partial charge is 0.313 e. The van der Waals surface area contributed by atoms with Crippen molar-refractivity contribution < 1.29 is 14.7 Å². The molecule has 0 aromatic carbocycles. The number of H-pyrrole nitrogens is 1. The maximum Gasteiger partial charge on any atom is 0.313 e. The Morgan fingerprint density at radius 3 is 2.81 bits per heavy atom. The standard InChI is InChI=1S/C10H14N2O3S/c1-7-4-11-5-8(7)10(15)12-2-3-16-6-9(13)14/h4-5,11H,2-3,6H2,1H3,(H,12,15)(H,13,14). The van der Waals surface area contributed by atoms with E-state index in [-0.39, 0.29) is 11.7 Å². The van der Waals surface area contributed by atoms with Gasteiger partial charge in [-0.2, -0.15) is 0 Å². The largest absolute Gasteiger partial charge is 0.481 e. The fourth-order valence-electron chi connectivity index (χ4n) is 1.18. The molecule has 0 aliphatic rings. The van der Waals surface area contributed by atoms with Crippen molar-refractivity contribution in [1.82, 2.24) is 10.3 Å². The van der Waals surface area contributed by atoms with Gasteiger partial charge in [0.2, 0.25) is 0 Å². The lowest BCUT2D eigenvalue weighted by Crippen LogP contribution is -2.26. The van der Waals surface area contributed by atoms with Gasteiger partial charge in [-0.25, -0.2) is 0 Å². The molecule has 0 spiro atoms. The maximum atomic E-state index is 11.6. The summed E-state index contributed by atoms with van der Waals surface area (Å²) in [4.78, 5) is 24.6. The van der Waals surface area contributed by atoms with Crippen LogP contribution in [0.15, 0.2) is 12.4 Å². The first-order chi connectivity index (χ1) is 7.61. The Hall–Kier alpha value is -1.43. The third-order valence-electron chi connectivity index (χ3n) is 1.95. The average molecular weight is 242 g/mol. The maximum absolute atomic E-state index is 11.6. The zero-order valence-corrected chi connectivity index (χ0v) is 9.76. The van der Waals surface area contributed by atoms with E-state index in [4.69, 9.17) is 5.11 Å². The van der Waals surface area contributed by atoms with Crippen molar-refractivity contribution >= 4 is 23.6 Å². The van der Waals surface area contributed by atoms with Crippen molar-refractivity contribution in [2.24, 2.45) is 0 Å². The van der Waals surface area contributed by atoms with Gasteiger partial charge in [-0.1, -0.05) is 0 Å². The number of hydrogen-bond donors (Lipinski definition) is 3. The highest BCUT2D eigenvalue weighted by Gasteiger charge is 2.08. The molecule has 1 heterocycles. The lowest BCUT2D eigenvalue weighted by atomic mass is 10.2. The summed E-state index contributed by atoms with van der Waals surface area (Å²) in [5.74, 6) is -0.298. The summed E-state index contributed by atoms with van der Waals surface area (Å²) in [5, 5.41) is 11.1. The fourth-order valence-corrected chi connectivity index (χ4v) is 1.74. The van der Waals surface area contributed by atoms with Crippen molar-refractivity contribution in [3.8, 4) is 0 Å². The summed E-state index contributed by atoms with van der Waals surface area (Å²) in [7, 11) is 0. The van der Waals surface area contributed by atoms with Crippen molar-refractivity contribution in [2.45, 2.75) is 6.92 Å². The van der Waals surface area contributed by atoms with Gasteiger partial charge in [0.25, 0.3) is 5.91 Å². The zero-order valence-electron chi connectivity index (χ0n) is 8.95. The summed E-state index contributed by atoms with van der Waals surface area (Å²) < 4.78 is 0. The quantitative estimate of drug-likeness (QED) is 0.646. The number of hydrogen-bond acceptors (Lipinski definition) is 3. The van der Waals surface area contributed by atoms with Crippen LogP contribution in [0.5, 0.6) is 0 Å². The summed E-state index contributed by atoms with van der Waals surface area (Å²) in [6.07, 6.45) is 3.41. The van der Waals surface area contributed by atoms with Crippen molar-refractivity contribution in [1.29, 1.82) is 0 Å². The number of carboxylic acid groups (broad SMARTS) is 1. The molecule has 1 amide bonds. The molecular formula is C10H14N2O3S. The first-order valence-corrected chi connectivity index (χ1v) is 5.98. The van der Waals surface area contributed by atoms with Crippen molar-refractivity contribution in [2.75, 3.05) is 18.1 Å². The monoisotopic (exact) mass is 242 g/mol. The van der Waals surface area contributed by atoms with E-state index >= 15 is 0 Å². The number of thioether (sulfide) groups is 1. The lowest BCUT2D eigenvalue weighted by Gasteiger charge is -2.03. The highest BCUT2D eigenvalue weighted by Crippen LogP contribution is 2.05. The summed E-state index contributed by atoms with van der Waals surface area (Å²) in [6, 6.07) is 0. The Morgan fingerprint density at radius 1 is 1.50 bits per heavy atom. The molecule has 0 bridgehead atoms. The molecule has 5 nitrogen and oxygen atoms in total. The normalized spacial score (nSPS) is 10.1. The second-order valence-electron chi connectivity index (χ2n) is 3.25. The van der Waals surface area contributed by atoms with Crippen LogP contribution in [0, 0.1) is 6.92 Å². The summed E-state index contributed by atoms with van der Waals surface area (Å²) in [6.45, 7) is 2.33. The van der Waals surface area contributed by atoms with E-state index in [2.05, 4.69) is 10.3 Å². The molecule has 1 rings (SSSR count). The third-order valence-corrected chi connectivity index (χ3v) is 2.90. The van der Waals surface area contributed by atoms with Crippen molar-refractivity contribution in [3.63, 3.8) is 0 Å². The van der Waals surface area contributed by atoms with Crippen LogP contribution in [0.1, 0.15) is 15.9 Å². The van der Waals surface area contributed by atoms with E-state index in [9.17, 15) is 9.59 Å². The minimum Gasteiger partial charge on any atom is -0.481 e. The molecule has 0 aliphatic carbocycles. The molecule has 0 unspecified atom stereocenters. The molecule has 0 saturated carbocycles. The van der Waals surface area contributed by atoms with Crippen LogP contribution in [0.4, 0.5) is 0 Å². The Balaban J connectivity index is 2.21. The van der Waals surface area contributed by atoms with E-state index in [0.717, 1.165) is 5.56 Å². The second-order valence-corrected chi connectivity index (χ2v) is 4.36. The molecule has 0 fully saturated rings. The van der Waals surface area contributed by atoms with E-state index in [1.807, 2.05) is 6.92 Å². The fraction of sp³-hybridized carbons (Fsp3) is 0.400. The minimum absolute atomic E-state index is 0.0685. The van der Waals surface area contributed by atoms with Crippen LogP contribution in [0.25, 0.3) is 0 Å². The number of nitrogens with one attached hydrogen (secondary N) is 2. The van der Waals surface area contributed by atoms with Gasteiger partial charge < -0.3 is 15.4 Å². The van der Waals surface area contributed by atoms with Crippen LogP contribution in [-0.2, 0) is 4.79 Å². The average Bonchev–Trinajstić information content (AvgIpc) is 2.63. The SMILES string of the molecule is Cc1c[nH]cc1C(=O)NCCSCC(=O)O. The van der Waals surface area contributed by atoms with Crippen LogP contribution < -0.4 is 5.32 Å². The number of aromatic nitrogens is 1. The first kappa shape index (κ1) is 12.6. The van der Waals surface area contributed by atoms with Gasteiger partial charge in [0, 0.05) is 24.7 Å². The molecule has 0 atom stereocenters. The predicted molar refractivity (Wildman–Crippen MR) is 62.8 cm³/mol. The van der Waals surface area contributed by atoms with Crippen molar-refractivity contribution in [3.05, 3.63) is 23.5 Å². The predicted octanol–water partition coefficient (Wildman–Crippen LogP) is 0.871. The van der Waals surface area contributed by atoms with Gasteiger partial charge in [-0.3, -0.25) is 9.59 Å². The molecule has 3 N–H and O–H groups in total.